The van der Waals surface area contributed by atoms with Gasteiger partial charge in [0.15, 0.2) is 0 Å². The first-order valence-electron chi connectivity index (χ1n) is 7.08. The van der Waals surface area contributed by atoms with E-state index >= 15 is 0 Å². The summed E-state index contributed by atoms with van der Waals surface area (Å²) in [5, 5.41) is 14.7. The molecule has 0 aromatic rings. The molecule has 1 saturated heterocycles. The number of amides is 2. The molecule has 0 saturated carbocycles. The highest BCUT2D eigenvalue weighted by molar-refractivity contribution is 5.90. The smallest absolute Gasteiger partial charge is 0.310 e. The highest BCUT2D eigenvalue weighted by Crippen LogP contribution is 2.31. The van der Waals surface area contributed by atoms with Gasteiger partial charge in [-0.25, -0.2) is 0 Å². The Kier molecular flexibility index (Phi) is 5.53. The van der Waals surface area contributed by atoms with Crippen molar-refractivity contribution in [1.29, 1.82) is 0 Å². The molecule has 1 aliphatic rings. The van der Waals surface area contributed by atoms with Gasteiger partial charge in [0.25, 0.3) is 0 Å². The molecule has 6 heteroatoms. The fraction of sp³-hybridized carbons (Fsp3) is 0.786. The zero-order valence-electron chi connectivity index (χ0n) is 12.4. The molecular formula is C14H24N2O4. The fourth-order valence-electron chi connectivity index (χ4n) is 2.18. The highest BCUT2D eigenvalue weighted by atomic mass is 16.4. The third-order valence-electron chi connectivity index (χ3n) is 4.16. The van der Waals surface area contributed by atoms with E-state index in [-0.39, 0.29) is 24.2 Å². The van der Waals surface area contributed by atoms with Crippen LogP contribution < -0.4 is 10.6 Å². The van der Waals surface area contributed by atoms with Gasteiger partial charge in [0.2, 0.25) is 11.8 Å². The van der Waals surface area contributed by atoms with Crippen molar-refractivity contribution in [2.45, 2.75) is 52.5 Å². The number of hydrogen-bond donors (Lipinski definition) is 3. The molecule has 0 aromatic carbocycles. The maximum Gasteiger partial charge on any atom is 0.310 e. The van der Waals surface area contributed by atoms with Crippen molar-refractivity contribution in [2.24, 2.45) is 11.3 Å². The minimum Gasteiger partial charge on any atom is -0.481 e. The van der Waals surface area contributed by atoms with Crippen LogP contribution in [0.3, 0.4) is 0 Å². The summed E-state index contributed by atoms with van der Waals surface area (Å²) in [4.78, 5) is 35.1. The zero-order chi connectivity index (χ0) is 15.3. The monoisotopic (exact) mass is 284 g/mol. The molecule has 1 fully saturated rings. The molecule has 2 unspecified atom stereocenters. The van der Waals surface area contributed by atoms with E-state index in [1.807, 2.05) is 0 Å². The first-order chi connectivity index (χ1) is 9.27. The summed E-state index contributed by atoms with van der Waals surface area (Å²) in [6, 6.07) is -0.546. The van der Waals surface area contributed by atoms with Crippen LogP contribution in [0.5, 0.6) is 0 Å². The number of rotatable bonds is 5. The van der Waals surface area contributed by atoms with Crippen molar-refractivity contribution in [2.75, 3.05) is 6.54 Å². The van der Waals surface area contributed by atoms with Crippen LogP contribution in [0.25, 0.3) is 0 Å². The number of carboxylic acids is 1. The van der Waals surface area contributed by atoms with E-state index < -0.39 is 17.4 Å². The van der Waals surface area contributed by atoms with Crippen molar-refractivity contribution in [3.8, 4) is 0 Å². The van der Waals surface area contributed by atoms with Gasteiger partial charge in [-0.3, -0.25) is 14.4 Å². The van der Waals surface area contributed by atoms with E-state index in [0.717, 1.165) is 12.8 Å². The largest absolute Gasteiger partial charge is 0.481 e. The minimum absolute atomic E-state index is 0.121. The van der Waals surface area contributed by atoms with E-state index in [2.05, 4.69) is 10.6 Å². The van der Waals surface area contributed by atoms with Crippen LogP contribution in [0, 0.1) is 11.3 Å². The second-order valence-corrected chi connectivity index (χ2v) is 5.96. The third kappa shape index (κ3) is 3.95. The molecule has 0 bridgehead atoms. The summed E-state index contributed by atoms with van der Waals surface area (Å²) in [5.74, 6) is -1.73. The average Bonchev–Trinajstić information content (AvgIpc) is 2.54. The average molecular weight is 284 g/mol. The number of hydrogen-bond acceptors (Lipinski definition) is 3. The van der Waals surface area contributed by atoms with Gasteiger partial charge in [0, 0.05) is 13.0 Å². The zero-order valence-corrected chi connectivity index (χ0v) is 12.4. The van der Waals surface area contributed by atoms with Gasteiger partial charge in [0.1, 0.15) is 6.04 Å². The van der Waals surface area contributed by atoms with Gasteiger partial charge in [-0.1, -0.05) is 13.8 Å². The quantitative estimate of drug-likeness (QED) is 0.699. The summed E-state index contributed by atoms with van der Waals surface area (Å²) in [7, 11) is 0. The fourth-order valence-corrected chi connectivity index (χ4v) is 2.18. The molecule has 0 radical (unpaired) electrons. The first kappa shape index (κ1) is 16.5. The summed E-state index contributed by atoms with van der Waals surface area (Å²) < 4.78 is 0. The normalized spacial score (nSPS) is 22.6. The van der Waals surface area contributed by atoms with Gasteiger partial charge in [-0.2, -0.15) is 0 Å². The summed E-state index contributed by atoms with van der Waals surface area (Å²) in [6.07, 6.45) is 2.24. The molecule has 114 valence electrons. The molecule has 1 heterocycles. The number of nitrogens with one attached hydrogen (secondary N) is 2. The molecule has 0 aliphatic carbocycles. The first-order valence-corrected chi connectivity index (χ1v) is 7.08. The Bertz CT molecular complexity index is 395. The highest BCUT2D eigenvalue weighted by Gasteiger charge is 2.39. The minimum atomic E-state index is -1.12. The molecule has 1 aliphatic heterocycles. The molecule has 0 spiro atoms. The molecular weight excluding hydrogens is 260 g/mol. The van der Waals surface area contributed by atoms with E-state index in [1.54, 1.807) is 20.8 Å². The number of carbonyl (C=O) groups is 3. The van der Waals surface area contributed by atoms with Crippen LogP contribution >= 0.6 is 0 Å². The van der Waals surface area contributed by atoms with Gasteiger partial charge < -0.3 is 15.7 Å². The van der Waals surface area contributed by atoms with Crippen LogP contribution in [0.1, 0.15) is 46.5 Å². The number of aliphatic carboxylic acids is 1. The van der Waals surface area contributed by atoms with Crippen molar-refractivity contribution in [1.82, 2.24) is 10.6 Å². The molecule has 3 N–H and O–H groups in total. The number of carboxylic acid groups (broad SMARTS) is 1. The van der Waals surface area contributed by atoms with Crippen LogP contribution in [-0.2, 0) is 14.4 Å². The number of carbonyl (C=O) groups excluding carboxylic acids is 2. The SMILES string of the molecule is CC(C)C(C)(CC(=O)NC1CCCCNC1=O)C(=O)O. The molecule has 1 rings (SSSR count). The van der Waals surface area contributed by atoms with E-state index in [9.17, 15) is 19.5 Å². The van der Waals surface area contributed by atoms with Crippen molar-refractivity contribution in [3.63, 3.8) is 0 Å². The van der Waals surface area contributed by atoms with Crippen LogP contribution in [0.2, 0.25) is 0 Å². The topological polar surface area (TPSA) is 95.5 Å². The molecule has 2 atom stereocenters. The Balaban J connectivity index is 2.66. The van der Waals surface area contributed by atoms with Crippen molar-refractivity contribution < 1.29 is 19.5 Å². The Morgan fingerprint density at radius 1 is 1.45 bits per heavy atom. The lowest BCUT2D eigenvalue weighted by Crippen LogP contribution is -2.48. The Morgan fingerprint density at radius 3 is 2.65 bits per heavy atom. The summed E-state index contributed by atoms with van der Waals surface area (Å²) in [6.45, 7) is 5.75. The van der Waals surface area contributed by atoms with E-state index in [1.165, 1.54) is 0 Å². The van der Waals surface area contributed by atoms with E-state index in [4.69, 9.17) is 0 Å². The molecule has 2 amide bonds. The second kappa shape index (κ2) is 6.72. The maximum atomic E-state index is 12.0. The van der Waals surface area contributed by atoms with Crippen molar-refractivity contribution in [3.05, 3.63) is 0 Å². The van der Waals surface area contributed by atoms with Crippen LogP contribution in [0.4, 0.5) is 0 Å². The lowest BCUT2D eigenvalue weighted by molar-refractivity contribution is -0.153. The predicted molar refractivity (Wildman–Crippen MR) is 74.0 cm³/mol. The Hall–Kier alpha value is -1.59. The van der Waals surface area contributed by atoms with Crippen molar-refractivity contribution >= 4 is 17.8 Å². The van der Waals surface area contributed by atoms with Gasteiger partial charge in [-0.15, -0.1) is 0 Å². The lowest BCUT2D eigenvalue weighted by Gasteiger charge is -2.29. The van der Waals surface area contributed by atoms with E-state index in [0.29, 0.717) is 13.0 Å². The lowest BCUT2D eigenvalue weighted by atomic mass is 9.76. The van der Waals surface area contributed by atoms with Gasteiger partial charge >= 0.3 is 5.97 Å². The second-order valence-electron chi connectivity index (χ2n) is 5.96. The van der Waals surface area contributed by atoms with Gasteiger partial charge in [-0.05, 0) is 32.1 Å². The summed E-state index contributed by atoms with van der Waals surface area (Å²) >= 11 is 0. The molecule has 6 nitrogen and oxygen atoms in total. The standard InChI is InChI=1S/C14H24N2O4/c1-9(2)14(3,13(19)20)8-11(17)16-10-6-4-5-7-15-12(10)18/h9-10H,4-8H2,1-3H3,(H,15,18)(H,16,17)(H,19,20). The third-order valence-corrected chi connectivity index (χ3v) is 4.16. The molecule has 20 heavy (non-hydrogen) atoms. The summed E-state index contributed by atoms with van der Waals surface area (Å²) in [5.41, 5.74) is -1.12. The van der Waals surface area contributed by atoms with Gasteiger partial charge in [0.05, 0.1) is 5.41 Å². The molecule has 0 aromatic heterocycles. The van der Waals surface area contributed by atoms with Crippen LogP contribution in [-0.4, -0.2) is 35.5 Å². The maximum absolute atomic E-state index is 12.0. The Labute approximate surface area is 119 Å². The Morgan fingerprint density at radius 2 is 2.10 bits per heavy atom. The van der Waals surface area contributed by atoms with Crippen LogP contribution in [0.15, 0.2) is 0 Å². The predicted octanol–water partition coefficient (Wildman–Crippen LogP) is 0.908.